The van der Waals surface area contributed by atoms with Gasteiger partial charge in [-0.1, -0.05) is 30.3 Å². The molecule has 0 bridgehead atoms. The highest BCUT2D eigenvalue weighted by atomic mass is 79.9. The minimum absolute atomic E-state index is 0.173. The Balaban J connectivity index is 1.85. The number of ether oxygens (including phenoxy) is 2. The summed E-state index contributed by atoms with van der Waals surface area (Å²) in [5.74, 6) is 0.850. The maximum Gasteiger partial charge on any atom is 0.293 e. The van der Waals surface area contributed by atoms with Crippen molar-refractivity contribution in [2.24, 2.45) is 0 Å². The van der Waals surface area contributed by atoms with Crippen molar-refractivity contribution < 1.29 is 19.1 Å². The van der Waals surface area contributed by atoms with Gasteiger partial charge in [0.25, 0.3) is 11.1 Å². The number of methoxy groups -OCH3 is 1. The van der Waals surface area contributed by atoms with Crippen LogP contribution in [0.25, 0.3) is 6.08 Å². The van der Waals surface area contributed by atoms with Gasteiger partial charge in [-0.25, -0.2) is 0 Å². The normalized spacial score (nSPS) is 15.6. The van der Waals surface area contributed by atoms with Gasteiger partial charge >= 0.3 is 0 Å². The molecule has 2 aromatic carbocycles. The first-order valence-corrected chi connectivity index (χ1v) is 10.3. The number of hydrogen-bond donors (Lipinski definition) is 0. The summed E-state index contributed by atoms with van der Waals surface area (Å²) in [6, 6.07) is 13.3. The Morgan fingerprint density at radius 2 is 1.89 bits per heavy atom. The standard InChI is InChI=1S/C21H20BrNO4S/c1-13(2)23-20(24)18(28-21(23)25)11-15-9-16(22)19(17(10-15)26-3)27-12-14-7-5-4-6-8-14/h4-11,13H,12H2,1-3H3/b18-11-. The third-order valence-corrected chi connectivity index (χ3v) is 5.59. The fourth-order valence-corrected chi connectivity index (χ4v) is 4.30. The van der Waals surface area contributed by atoms with Crippen LogP contribution in [0, 0.1) is 0 Å². The molecule has 5 nitrogen and oxygen atoms in total. The van der Waals surface area contributed by atoms with E-state index in [1.165, 1.54) is 4.90 Å². The molecule has 1 saturated heterocycles. The molecule has 146 valence electrons. The Bertz CT molecular complexity index is 928. The summed E-state index contributed by atoms with van der Waals surface area (Å²) in [6.07, 6.45) is 1.70. The predicted molar refractivity (Wildman–Crippen MR) is 114 cm³/mol. The van der Waals surface area contributed by atoms with Crippen molar-refractivity contribution >= 4 is 44.9 Å². The van der Waals surface area contributed by atoms with Crippen molar-refractivity contribution in [2.75, 3.05) is 7.11 Å². The van der Waals surface area contributed by atoms with E-state index >= 15 is 0 Å². The SMILES string of the molecule is COc1cc(/C=C2\SC(=O)N(C(C)C)C2=O)cc(Br)c1OCc1ccccc1. The molecule has 1 heterocycles. The Labute approximate surface area is 176 Å². The zero-order valence-corrected chi connectivity index (χ0v) is 18.2. The van der Waals surface area contributed by atoms with Crippen LogP contribution in [0.3, 0.4) is 0 Å². The number of benzene rings is 2. The predicted octanol–water partition coefficient (Wildman–Crippen LogP) is 5.48. The molecule has 1 aliphatic heterocycles. The number of amides is 2. The zero-order chi connectivity index (χ0) is 20.3. The number of thioether (sulfide) groups is 1. The number of halogens is 1. The van der Waals surface area contributed by atoms with Gasteiger partial charge in [-0.15, -0.1) is 0 Å². The Morgan fingerprint density at radius 1 is 1.18 bits per heavy atom. The third-order valence-electron chi connectivity index (χ3n) is 4.12. The molecule has 1 fully saturated rings. The fraction of sp³-hybridized carbons (Fsp3) is 0.238. The summed E-state index contributed by atoms with van der Waals surface area (Å²) in [5.41, 5.74) is 1.79. The van der Waals surface area contributed by atoms with Crippen LogP contribution in [-0.4, -0.2) is 29.2 Å². The van der Waals surface area contributed by atoms with Crippen molar-refractivity contribution in [3.05, 3.63) is 63.0 Å². The Morgan fingerprint density at radius 3 is 2.50 bits per heavy atom. The van der Waals surface area contributed by atoms with E-state index in [0.29, 0.717) is 27.5 Å². The smallest absolute Gasteiger partial charge is 0.293 e. The molecule has 0 unspecified atom stereocenters. The molecule has 2 aromatic rings. The van der Waals surface area contributed by atoms with E-state index in [0.717, 1.165) is 22.9 Å². The van der Waals surface area contributed by atoms with Gasteiger partial charge < -0.3 is 9.47 Å². The molecule has 2 amide bonds. The number of carbonyl (C=O) groups is 2. The van der Waals surface area contributed by atoms with E-state index < -0.39 is 0 Å². The third kappa shape index (κ3) is 4.42. The van der Waals surface area contributed by atoms with Gasteiger partial charge in [-0.05, 0) is 70.9 Å². The first-order chi connectivity index (χ1) is 13.4. The van der Waals surface area contributed by atoms with Crippen LogP contribution in [-0.2, 0) is 11.4 Å². The highest BCUT2D eigenvalue weighted by molar-refractivity contribution is 9.10. The first-order valence-electron chi connectivity index (χ1n) is 8.72. The summed E-state index contributed by atoms with van der Waals surface area (Å²) >= 11 is 4.47. The van der Waals surface area contributed by atoms with Crippen LogP contribution in [0.5, 0.6) is 11.5 Å². The maximum absolute atomic E-state index is 12.5. The van der Waals surface area contributed by atoms with E-state index in [-0.39, 0.29) is 17.2 Å². The van der Waals surface area contributed by atoms with Crippen LogP contribution >= 0.6 is 27.7 Å². The van der Waals surface area contributed by atoms with Gasteiger partial charge in [-0.2, -0.15) is 0 Å². The summed E-state index contributed by atoms with van der Waals surface area (Å²) in [4.78, 5) is 26.2. The molecule has 0 aliphatic carbocycles. The van der Waals surface area contributed by atoms with Crippen molar-refractivity contribution in [2.45, 2.75) is 26.5 Å². The monoisotopic (exact) mass is 461 g/mol. The van der Waals surface area contributed by atoms with E-state index in [2.05, 4.69) is 15.9 Å². The van der Waals surface area contributed by atoms with E-state index in [1.807, 2.05) is 50.2 Å². The van der Waals surface area contributed by atoms with Crippen molar-refractivity contribution in [3.63, 3.8) is 0 Å². The average molecular weight is 462 g/mol. The van der Waals surface area contributed by atoms with Gasteiger partial charge in [-0.3, -0.25) is 14.5 Å². The molecule has 0 aromatic heterocycles. The minimum atomic E-state index is -0.274. The summed E-state index contributed by atoms with van der Waals surface area (Å²) in [7, 11) is 1.56. The van der Waals surface area contributed by atoms with Crippen molar-refractivity contribution in [1.29, 1.82) is 0 Å². The molecular formula is C21H20BrNO4S. The minimum Gasteiger partial charge on any atom is -0.493 e. The molecule has 0 atom stereocenters. The lowest BCUT2D eigenvalue weighted by Gasteiger charge is -2.16. The van der Waals surface area contributed by atoms with Crippen LogP contribution in [0.4, 0.5) is 4.79 Å². The lowest BCUT2D eigenvalue weighted by atomic mass is 10.1. The molecule has 0 radical (unpaired) electrons. The molecule has 0 saturated carbocycles. The average Bonchev–Trinajstić information content (AvgIpc) is 2.94. The second kappa shape index (κ2) is 8.84. The van der Waals surface area contributed by atoms with E-state index in [1.54, 1.807) is 19.3 Å². The van der Waals surface area contributed by atoms with Crippen LogP contribution in [0.15, 0.2) is 51.8 Å². The number of carbonyl (C=O) groups excluding carboxylic acids is 2. The van der Waals surface area contributed by atoms with Crippen LogP contribution in [0.1, 0.15) is 25.0 Å². The highest BCUT2D eigenvalue weighted by Crippen LogP contribution is 2.39. The lowest BCUT2D eigenvalue weighted by Crippen LogP contribution is -2.34. The Kier molecular flexibility index (Phi) is 6.46. The van der Waals surface area contributed by atoms with Gasteiger partial charge in [0.1, 0.15) is 6.61 Å². The maximum atomic E-state index is 12.5. The quantitative estimate of drug-likeness (QED) is 0.532. The van der Waals surface area contributed by atoms with E-state index in [4.69, 9.17) is 9.47 Å². The fourth-order valence-electron chi connectivity index (χ4n) is 2.77. The number of nitrogens with zero attached hydrogens (tertiary/aromatic N) is 1. The van der Waals surface area contributed by atoms with Crippen molar-refractivity contribution in [3.8, 4) is 11.5 Å². The summed E-state index contributed by atoms with van der Waals surface area (Å²) < 4.78 is 12.1. The largest absolute Gasteiger partial charge is 0.493 e. The van der Waals surface area contributed by atoms with Crippen LogP contribution < -0.4 is 9.47 Å². The van der Waals surface area contributed by atoms with E-state index in [9.17, 15) is 9.59 Å². The number of hydrogen-bond acceptors (Lipinski definition) is 5. The van der Waals surface area contributed by atoms with Gasteiger partial charge in [0, 0.05) is 6.04 Å². The van der Waals surface area contributed by atoms with Crippen LogP contribution in [0.2, 0.25) is 0 Å². The number of rotatable bonds is 6. The number of imide groups is 1. The molecule has 1 aliphatic rings. The highest BCUT2D eigenvalue weighted by Gasteiger charge is 2.36. The van der Waals surface area contributed by atoms with Gasteiger partial charge in [0.2, 0.25) is 0 Å². The topological polar surface area (TPSA) is 55.8 Å². The van der Waals surface area contributed by atoms with Gasteiger partial charge in [0.15, 0.2) is 11.5 Å². The molecular weight excluding hydrogens is 442 g/mol. The summed E-state index contributed by atoms with van der Waals surface area (Å²) in [6.45, 7) is 4.04. The molecule has 7 heteroatoms. The van der Waals surface area contributed by atoms with Gasteiger partial charge in [0.05, 0.1) is 16.5 Å². The molecule has 28 heavy (non-hydrogen) atoms. The second-order valence-electron chi connectivity index (χ2n) is 6.45. The Hall–Kier alpha value is -2.25. The molecule has 0 N–H and O–H groups in total. The second-order valence-corrected chi connectivity index (χ2v) is 8.30. The molecule has 0 spiro atoms. The zero-order valence-electron chi connectivity index (χ0n) is 15.8. The summed E-state index contributed by atoms with van der Waals surface area (Å²) in [5, 5.41) is -0.250. The first kappa shape index (κ1) is 20.5. The lowest BCUT2D eigenvalue weighted by molar-refractivity contribution is -0.123. The molecule has 3 rings (SSSR count). The van der Waals surface area contributed by atoms with Crippen molar-refractivity contribution in [1.82, 2.24) is 4.90 Å².